The molecule has 1 aromatic heterocycles. The van der Waals surface area contributed by atoms with Crippen LogP contribution in [0.2, 0.25) is 0 Å². The van der Waals surface area contributed by atoms with E-state index in [1.807, 2.05) is 30.3 Å². The molecule has 0 fully saturated rings. The van der Waals surface area contributed by atoms with E-state index in [2.05, 4.69) is 0 Å². The van der Waals surface area contributed by atoms with Gasteiger partial charge in [0.25, 0.3) is 5.69 Å². The summed E-state index contributed by atoms with van der Waals surface area (Å²) in [6.07, 6.45) is 3.27. The zero-order valence-corrected chi connectivity index (χ0v) is 8.25. The molecule has 0 N–H and O–H groups in total. The summed E-state index contributed by atoms with van der Waals surface area (Å²) in [4.78, 5) is 10.4. The van der Waals surface area contributed by atoms with E-state index in [1.54, 1.807) is 17.8 Å². The van der Waals surface area contributed by atoms with Crippen LogP contribution in [0, 0.1) is 10.1 Å². The molecular formula is C11H10N2O2. The van der Waals surface area contributed by atoms with Gasteiger partial charge in [-0.15, -0.1) is 0 Å². The molecule has 0 aliphatic rings. The van der Waals surface area contributed by atoms with Crippen molar-refractivity contribution in [3.05, 3.63) is 52.8 Å². The van der Waals surface area contributed by atoms with Crippen molar-refractivity contribution < 1.29 is 4.92 Å². The number of rotatable bonds is 2. The average molecular weight is 202 g/mol. The predicted octanol–water partition coefficient (Wildman–Crippen LogP) is 2.60. The minimum Gasteiger partial charge on any atom is -0.350 e. The van der Waals surface area contributed by atoms with Gasteiger partial charge in [-0.1, -0.05) is 30.3 Å². The molecule has 0 saturated carbocycles. The van der Waals surface area contributed by atoms with Gasteiger partial charge in [-0.25, -0.2) is 0 Å². The second kappa shape index (κ2) is 3.57. The first kappa shape index (κ1) is 9.45. The van der Waals surface area contributed by atoms with Gasteiger partial charge in [0.2, 0.25) is 0 Å². The van der Waals surface area contributed by atoms with E-state index in [1.165, 1.54) is 6.20 Å². The quantitative estimate of drug-likeness (QED) is 0.555. The molecule has 1 heterocycles. The molecular weight excluding hydrogens is 192 g/mol. The van der Waals surface area contributed by atoms with Crippen molar-refractivity contribution in [2.24, 2.45) is 7.05 Å². The Balaban J connectivity index is 2.58. The summed E-state index contributed by atoms with van der Waals surface area (Å²) in [6, 6.07) is 9.35. The number of nitro groups is 1. The first-order chi connectivity index (χ1) is 7.18. The second-order valence-electron chi connectivity index (χ2n) is 3.35. The van der Waals surface area contributed by atoms with Crippen LogP contribution in [-0.4, -0.2) is 9.49 Å². The molecule has 0 atom stereocenters. The highest BCUT2D eigenvalue weighted by atomic mass is 16.6. The first-order valence-corrected chi connectivity index (χ1v) is 4.54. The Kier molecular flexibility index (Phi) is 2.25. The Hall–Kier alpha value is -2.10. The molecule has 2 aromatic rings. The molecule has 4 nitrogen and oxygen atoms in total. The molecule has 0 spiro atoms. The summed E-state index contributed by atoms with van der Waals surface area (Å²) >= 11 is 0. The van der Waals surface area contributed by atoms with Crippen molar-refractivity contribution in [1.29, 1.82) is 0 Å². The molecule has 1 aromatic carbocycles. The van der Waals surface area contributed by atoms with Crippen LogP contribution in [-0.2, 0) is 7.05 Å². The Bertz CT molecular complexity index is 489. The third kappa shape index (κ3) is 1.74. The van der Waals surface area contributed by atoms with Crippen molar-refractivity contribution in [3.63, 3.8) is 0 Å². The van der Waals surface area contributed by atoms with E-state index in [9.17, 15) is 10.1 Å². The van der Waals surface area contributed by atoms with Gasteiger partial charge in [0.15, 0.2) is 0 Å². The zero-order chi connectivity index (χ0) is 10.8. The SMILES string of the molecule is Cn1cc(-c2ccccc2)c([N+](=O)[O-])c1. The summed E-state index contributed by atoms with van der Waals surface area (Å²) in [6.45, 7) is 0. The topological polar surface area (TPSA) is 48.1 Å². The van der Waals surface area contributed by atoms with E-state index in [4.69, 9.17) is 0 Å². The smallest absolute Gasteiger partial charge is 0.294 e. The van der Waals surface area contributed by atoms with E-state index >= 15 is 0 Å². The van der Waals surface area contributed by atoms with Crippen LogP contribution >= 0.6 is 0 Å². The van der Waals surface area contributed by atoms with Crippen LogP contribution in [0.4, 0.5) is 5.69 Å². The van der Waals surface area contributed by atoms with E-state index < -0.39 is 0 Å². The van der Waals surface area contributed by atoms with Gasteiger partial charge in [0, 0.05) is 13.2 Å². The standard InChI is InChI=1S/C11H10N2O2/c1-12-7-10(11(8-12)13(14)15)9-5-3-2-4-6-9/h2-8H,1H3. The normalized spacial score (nSPS) is 10.2. The lowest BCUT2D eigenvalue weighted by Gasteiger charge is -1.96. The number of hydrogen-bond donors (Lipinski definition) is 0. The number of hydrogen-bond acceptors (Lipinski definition) is 2. The minimum atomic E-state index is -0.359. The molecule has 0 amide bonds. The maximum Gasteiger partial charge on any atom is 0.294 e. The molecule has 0 radical (unpaired) electrons. The fraction of sp³-hybridized carbons (Fsp3) is 0.0909. The van der Waals surface area contributed by atoms with Gasteiger partial charge < -0.3 is 4.57 Å². The summed E-state index contributed by atoms with van der Waals surface area (Å²) in [5.74, 6) is 0. The van der Waals surface area contributed by atoms with Crippen molar-refractivity contribution in [2.75, 3.05) is 0 Å². The molecule has 15 heavy (non-hydrogen) atoms. The van der Waals surface area contributed by atoms with Gasteiger partial charge in [0.1, 0.15) is 0 Å². The average Bonchev–Trinajstić information content (AvgIpc) is 2.62. The number of aryl methyl sites for hydroxylation is 1. The number of aromatic nitrogens is 1. The lowest BCUT2D eigenvalue weighted by molar-refractivity contribution is -0.384. The van der Waals surface area contributed by atoms with Gasteiger partial charge in [-0.05, 0) is 5.56 Å². The minimum absolute atomic E-state index is 0.142. The predicted molar refractivity (Wildman–Crippen MR) is 57.5 cm³/mol. The number of nitrogens with zero attached hydrogens (tertiary/aromatic N) is 2. The molecule has 0 aliphatic heterocycles. The third-order valence-corrected chi connectivity index (χ3v) is 2.22. The highest BCUT2D eigenvalue weighted by Crippen LogP contribution is 2.29. The summed E-state index contributed by atoms with van der Waals surface area (Å²) in [5, 5.41) is 10.8. The van der Waals surface area contributed by atoms with Crippen LogP contribution < -0.4 is 0 Å². The van der Waals surface area contributed by atoms with Gasteiger partial charge in [-0.3, -0.25) is 10.1 Å². The van der Waals surface area contributed by atoms with Crippen LogP contribution in [0.15, 0.2) is 42.7 Å². The van der Waals surface area contributed by atoms with Crippen molar-refractivity contribution in [2.45, 2.75) is 0 Å². The summed E-state index contributed by atoms with van der Waals surface area (Å²) < 4.78 is 1.69. The maximum atomic E-state index is 10.8. The van der Waals surface area contributed by atoms with E-state index in [0.29, 0.717) is 5.56 Å². The molecule has 0 aliphatic carbocycles. The van der Waals surface area contributed by atoms with Crippen molar-refractivity contribution in [1.82, 2.24) is 4.57 Å². The molecule has 76 valence electrons. The van der Waals surface area contributed by atoms with E-state index in [0.717, 1.165) is 5.56 Å². The molecule has 0 unspecified atom stereocenters. The molecule has 0 saturated heterocycles. The summed E-state index contributed by atoms with van der Waals surface area (Å²) in [7, 11) is 1.78. The second-order valence-corrected chi connectivity index (χ2v) is 3.35. The third-order valence-electron chi connectivity index (χ3n) is 2.22. The van der Waals surface area contributed by atoms with Gasteiger partial charge >= 0.3 is 0 Å². The van der Waals surface area contributed by atoms with Crippen LogP contribution in [0.25, 0.3) is 11.1 Å². The number of benzene rings is 1. The molecule has 0 bridgehead atoms. The Labute approximate surface area is 86.9 Å². The van der Waals surface area contributed by atoms with Gasteiger partial charge in [-0.2, -0.15) is 0 Å². The lowest BCUT2D eigenvalue weighted by atomic mass is 10.1. The highest BCUT2D eigenvalue weighted by molar-refractivity contribution is 5.72. The fourth-order valence-electron chi connectivity index (χ4n) is 1.56. The Morgan fingerprint density at radius 3 is 2.47 bits per heavy atom. The van der Waals surface area contributed by atoms with Crippen LogP contribution in [0.5, 0.6) is 0 Å². The monoisotopic (exact) mass is 202 g/mol. The molecule has 2 rings (SSSR count). The maximum absolute atomic E-state index is 10.8. The van der Waals surface area contributed by atoms with Crippen molar-refractivity contribution >= 4 is 5.69 Å². The summed E-state index contributed by atoms with van der Waals surface area (Å²) in [5.41, 5.74) is 1.66. The largest absolute Gasteiger partial charge is 0.350 e. The highest BCUT2D eigenvalue weighted by Gasteiger charge is 2.16. The zero-order valence-electron chi connectivity index (χ0n) is 8.25. The lowest BCUT2D eigenvalue weighted by Crippen LogP contribution is -1.87. The molecule has 4 heteroatoms. The van der Waals surface area contributed by atoms with Crippen LogP contribution in [0.1, 0.15) is 0 Å². The Morgan fingerprint density at radius 1 is 1.20 bits per heavy atom. The first-order valence-electron chi connectivity index (χ1n) is 4.54. The van der Waals surface area contributed by atoms with Crippen molar-refractivity contribution in [3.8, 4) is 11.1 Å². The van der Waals surface area contributed by atoms with Gasteiger partial charge in [0.05, 0.1) is 16.7 Å². The van der Waals surface area contributed by atoms with Crippen LogP contribution in [0.3, 0.4) is 0 Å². The van der Waals surface area contributed by atoms with E-state index in [-0.39, 0.29) is 10.6 Å². The Morgan fingerprint density at radius 2 is 1.87 bits per heavy atom. The fourth-order valence-corrected chi connectivity index (χ4v) is 1.56.